The fourth-order valence-electron chi connectivity index (χ4n) is 3.83. The molecular weight excluding hydrogens is 392 g/mol. The first kappa shape index (κ1) is 18.9. The van der Waals surface area contributed by atoms with Crippen molar-refractivity contribution in [2.24, 2.45) is 0 Å². The van der Waals surface area contributed by atoms with Crippen LogP contribution < -0.4 is 5.32 Å². The lowest BCUT2D eigenvalue weighted by atomic mass is 10.2. The smallest absolute Gasteiger partial charge is 0.256 e. The molecule has 1 atom stereocenters. The van der Waals surface area contributed by atoms with Crippen molar-refractivity contribution in [2.75, 3.05) is 18.5 Å². The molecule has 0 amide bonds. The summed E-state index contributed by atoms with van der Waals surface area (Å²) in [7, 11) is 0. The number of hydrogen-bond donors (Lipinski definition) is 1. The van der Waals surface area contributed by atoms with Gasteiger partial charge in [-0.1, -0.05) is 0 Å². The van der Waals surface area contributed by atoms with Crippen LogP contribution in [0.25, 0.3) is 27.9 Å². The topological polar surface area (TPSA) is 82.2 Å². The zero-order valence-corrected chi connectivity index (χ0v) is 16.4. The van der Waals surface area contributed by atoms with Crippen LogP contribution in [0, 0.1) is 6.92 Å². The predicted octanol–water partition coefficient (Wildman–Crippen LogP) is 3.31. The van der Waals surface area contributed by atoms with Crippen LogP contribution in [0.15, 0.2) is 30.6 Å². The summed E-state index contributed by atoms with van der Waals surface area (Å²) >= 11 is 0. The number of aryl methyl sites for hydroxylation is 1. The second-order valence-electron chi connectivity index (χ2n) is 7.36. The number of hydrogen-bond acceptors (Lipinski definition) is 6. The van der Waals surface area contributed by atoms with Gasteiger partial charge in [0.2, 0.25) is 5.95 Å². The van der Waals surface area contributed by atoms with Crippen LogP contribution in [0.3, 0.4) is 0 Å². The molecule has 0 aromatic carbocycles. The third-order valence-electron chi connectivity index (χ3n) is 5.31. The van der Waals surface area contributed by atoms with E-state index >= 15 is 0 Å². The van der Waals surface area contributed by atoms with Crippen molar-refractivity contribution in [3.63, 3.8) is 0 Å². The summed E-state index contributed by atoms with van der Waals surface area (Å²) in [4.78, 5) is 13.4. The normalized spacial score (nSPS) is 16.9. The molecule has 156 valence electrons. The van der Waals surface area contributed by atoms with Crippen molar-refractivity contribution in [1.82, 2.24) is 29.1 Å². The van der Waals surface area contributed by atoms with Crippen molar-refractivity contribution in [3.8, 4) is 11.3 Å². The van der Waals surface area contributed by atoms with Crippen molar-refractivity contribution in [1.29, 1.82) is 0 Å². The Morgan fingerprint density at radius 3 is 2.97 bits per heavy atom. The van der Waals surface area contributed by atoms with Gasteiger partial charge in [0.05, 0.1) is 30.1 Å². The molecule has 5 heterocycles. The van der Waals surface area contributed by atoms with E-state index in [0.29, 0.717) is 35.2 Å². The van der Waals surface area contributed by atoms with E-state index in [1.54, 1.807) is 23.7 Å². The molecule has 1 aliphatic rings. The number of ether oxygens (including phenoxy) is 1. The summed E-state index contributed by atoms with van der Waals surface area (Å²) in [6, 6.07) is 5.53. The molecule has 0 radical (unpaired) electrons. The number of pyridine rings is 1. The van der Waals surface area contributed by atoms with E-state index in [1.807, 2.05) is 18.3 Å². The number of rotatable bonds is 6. The Morgan fingerprint density at radius 2 is 2.17 bits per heavy atom. The van der Waals surface area contributed by atoms with E-state index in [0.717, 1.165) is 30.5 Å². The molecule has 1 unspecified atom stereocenters. The summed E-state index contributed by atoms with van der Waals surface area (Å²) in [5, 5.41) is 7.71. The van der Waals surface area contributed by atoms with E-state index < -0.39 is 13.0 Å². The Labute approximate surface area is 170 Å². The first-order valence-electron chi connectivity index (χ1n) is 9.91. The van der Waals surface area contributed by atoms with Crippen molar-refractivity contribution < 1.29 is 13.5 Å². The van der Waals surface area contributed by atoms with Crippen LogP contribution in [0.2, 0.25) is 0 Å². The van der Waals surface area contributed by atoms with Gasteiger partial charge < -0.3 is 14.6 Å². The van der Waals surface area contributed by atoms with E-state index in [9.17, 15) is 8.78 Å². The molecule has 10 heteroatoms. The number of aromatic nitrogens is 6. The molecule has 4 aromatic heterocycles. The number of imidazole rings is 1. The quantitative estimate of drug-likeness (QED) is 0.522. The molecule has 8 nitrogen and oxygen atoms in total. The number of alkyl halides is 2. The highest BCUT2D eigenvalue weighted by molar-refractivity contribution is 5.82. The van der Waals surface area contributed by atoms with E-state index in [4.69, 9.17) is 4.74 Å². The van der Waals surface area contributed by atoms with Crippen molar-refractivity contribution >= 4 is 22.6 Å². The van der Waals surface area contributed by atoms with Crippen molar-refractivity contribution in [2.45, 2.75) is 38.8 Å². The maximum absolute atomic E-state index is 13.0. The summed E-state index contributed by atoms with van der Waals surface area (Å²) < 4.78 is 34.7. The number of fused-ring (bicyclic) bond motifs is 2. The van der Waals surface area contributed by atoms with Gasteiger partial charge in [0.1, 0.15) is 11.3 Å². The summed E-state index contributed by atoms with van der Waals surface area (Å²) in [6.45, 7) is 2.75. The highest BCUT2D eigenvalue weighted by Crippen LogP contribution is 2.26. The summed E-state index contributed by atoms with van der Waals surface area (Å²) in [5.74, 6) is 1.04. The zero-order valence-electron chi connectivity index (χ0n) is 16.4. The Morgan fingerprint density at radius 1 is 1.27 bits per heavy atom. The third-order valence-corrected chi connectivity index (χ3v) is 5.31. The molecular formula is C20H21F2N7O. The molecule has 1 N–H and O–H groups in total. The average Bonchev–Trinajstić information content (AvgIpc) is 3.45. The maximum atomic E-state index is 13.0. The molecule has 0 aliphatic carbocycles. The molecule has 1 fully saturated rings. The van der Waals surface area contributed by atoms with Gasteiger partial charge in [0.15, 0.2) is 5.65 Å². The SMILES string of the molecule is Cc1nc2ccc(-c3ccn4nc(NCC5CCCO5)ncc34)nc2n1CC(F)F. The van der Waals surface area contributed by atoms with Gasteiger partial charge >= 0.3 is 0 Å². The predicted molar refractivity (Wildman–Crippen MR) is 108 cm³/mol. The van der Waals surface area contributed by atoms with Crippen LogP contribution in [0.4, 0.5) is 14.7 Å². The minimum atomic E-state index is -2.48. The summed E-state index contributed by atoms with van der Waals surface area (Å²) in [6.07, 6.45) is 3.40. The molecule has 1 saturated heterocycles. The fourth-order valence-corrected chi connectivity index (χ4v) is 3.83. The highest BCUT2D eigenvalue weighted by Gasteiger charge is 2.17. The van der Waals surface area contributed by atoms with Gasteiger partial charge in [0.25, 0.3) is 6.43 Å². The Balaban J connectivity index is 1.46. The minimum absolute atomic E-state index is 0.196. The molecule has 1 aliphatic heterocycles. The number of nitrogens with one attached hydrogen (secondary N) is 1. The Hall–Kier alpha value is -3.14. The van der Waals surface area contributed by atoms with Gasteiger partial charge in [-0.3, -0.25) is 0 Å². The lowest BCUT2D eigenvalue weighted by molar-refractivity contribution is 0.120. The monoisotopic (exact) mass is 413 g/mol. The van der Waals surface area contributed by atoms with Crippen LogP contribution in [-0.4, -0.2) is 54.8 Å². The number of anilines is 1. The molecule has 4 aromatic rings. The van der Waals surface area contributed by atoms with E-state index in [2.05, 4.69) is 25.4 Å². The van der Waals surface area contributed by atoms with Gasteiger partial charge in [-0.2, -0.15) is 0 Å². The van der Waals surface area contributed by atoms with Gasteiger partial charge in [-0.05, 0) is 38.0 Å². The number of nitrogens with zero attached hydrogens (tertiary/aromatic N) is 6. The first-order chi connectivity index (χ1) is 14.6. The van der Waals surface area contributed by atoms with Gasteiger partial charge in [-0.25, -0.2) is 28.2 Å². The second-order valence-corrected chi connectivity index (χ2v) is 7.36. The molecule has 0 saturated carbocycles. The lowest BCUT2D eigenvalue weighted by Crippen LogP contribution is -2.20. The standard InChI is InChI=1S/C20H21F2N7O/c1-12-25-16-5-4-15(26-19(16)28(12)11-18(21)22)14-6-7-29-17(14)10-24-20(27-29)23-9-13-3-2-8-30-13/h4-7,10,13,18H,2-3,8-9,11H2,1H3,(H,23,27). The molecule has 5 rings (SSSR count). The fraction of sp³-hybridized carbons (Fsp3) is 0.400. The zero-order chi connectivity index (χ0) is 20.7. The van der Waals surface area contributed by atoms with Crippen molar-refractivity contribution in [3.05, 3.63) is 36.4 Å². The Bertz CT molecular complexity index is 1200. The highest BCUT2D eigenvalue weighted by atomic mass is 19.3. The van der Waals surface area contributed by atoms with Crippen LogP contribution >= 0.6 is 0 Å². The second kappa shape index (κ2) is 7.60. The molecule has 30 heavy (non-hydrogen) atoms. The number of halogens is 2. The van der Waals surface area contributed by atoms with Gasteiger partial charge in [0, 0.05) is 24.9 Å². The average molecular weight is 413 g/mol. The molecule has 0 spiro atoms. The van der Waals surface area contributed by atoms with Crippen LogP contribution in [-0.2, 0) is 11.3 Å². The molecule has 0 bridgehead atoms. The van der Waals surface area contributed by atoms with E-state index in [1.165, 1.54) is 4.57 Å². The third kappa shape index (κ3) is 3.47. The van der Waals surface area contributed by atoms with Crippen LogP contribution in [0.1, 0.15) is 18.7 Å². The summed E-state index contributed by atoms with van der Waals surface area (Å²) in [5.41, 5.74) is 3.30. The Kier molecular flexibility index (Phi) is 4.78. The van der Waals surface area contributed by atoms with Crippen LogP contribution in [0.5, 0.6) is 0 Å². The minimum Gasteiger partial charge on any atom is -0.376 e. The maximum Gasteiger partial charge on any atom is 0.256 e. The van der Waals surface area contributed by atoms with E-state index in [-0.39, 0.29) is 6.10 Å². The lowest BCUT2D eigenvalue weighted by Gasteiger charge is -2.10. The largest absolute Gasteiger partial charge is 0.376 e. The first-order valence-corrected chi connectivity index (χ1v) is 9.91. The van der Waals surface area contributed by atoms with Gasteiger partial charge in [-0.15, -0.1) is 5.10 Å².